The lowest BCUT2D eigenvalue weighted by molar-refractivity contribution is -0.122. The molecule has 0 aromatic heterocycles. The molecule has 0 saturated carbocycles. The molecule has 3 nitrogen and oxygen atoms in total. The molecule has 1 aromatic carbocycles. The van der Waals surface area contributed by atoms with E-state index in [9.17, 15) is 4.79 Å². The van der Waals surface area contributed by atoms with Gasteiger partial charge in [0.1, 0.15) is 0 Å². The van der Waals surface area contributed by atoms with Crippen molar-refractivity contribution in [3.05, 3.63) is 35.9 Å². The van der Waals surface area contributed by atoms with Gasteiger partial charge in [-0.25, -0.2) is 0 Å². The Bertz CT molecular complexity index is 285. The smallest absolute Gasteiger partial charge is 0.222 e. The first-order valence-corrected chi connectivity index (χ1v) is 4.69. The van der Waals surface area contributed by atoms with E-state index in [1.165, 1.54) is 0 Å². The summed E-state index contributed by atoms with van der Waals surface area (Å²) in [6.45, 7) is 1.82. The van der Waals surface area contributed by atoms with E-state index in [-0.39, 0.29) is 25.0 Å². The molecule has 1 amide bonds. The molecule has 1 unspecified atom stereocenters. The highest BCUT2D eigenvalue weighted by Gasteiger charge is 2.07. The predicted octanol–water partition coefficient (Wildman–Crippen LogP) is 1.25. The van der Waals surface area contributed by atoms with Crippen LogP contribution in [0.4, 0.5) is 0 Å². The van der Waals surface area contributed by atoms with E-state index in [0.29, 0.717) is 0 Å². The fraction of sp³-hybridized carbons (Fsp3) is 0.364. The highest BCUT2D eigenvalue weighted by molar-refractivity contribution is 5.76. The summed E-state index contributed by atoms with van der Waals surface area (Å²) >= 11 is 0. The number of rotatable bonds is 4. The normalized spacial score (nSPS) is 12.1. The first-order valence-electron chi connectivity index (χ1n) is 4.69. The monoisotopic (exact) mass is 193 g/mol. The second-order valence-corrected chi connectivity index (χ2v) is 3.17. The van der Waals surface area contributed by atoms with Gasteiger partial charge in [0.2, 0.25) is 5.91 Å². The van der Waals surface area contributed by atoms with Gasteiger partial charge in [0.25, 0.3) is 0 Å². The standard InChI is InChI=1S/C11H15NO2/c1-9(12-11(14)7-8-13)10-5-3-2-4-6-10/h2-6,9,13H,7-8H2,1H3,(H,12,14). The molecule has 0 saturated heterocycles. The lowest BCUT2D eigenvalue weighted by Crippen LogP contribution is -2.27. The van der Waals surface area contributed by atoms with Crippen LogP contribution < -0.4 is 5.32 Å². The lowest BCUT2D eigenvalue weighted by Gasteiger charge is -2.13. The van der Waals surface area contributed by atoms with Gasteiger partial charge in [0.05, 0.1) is 12.6 Å². The third-order valence-electron chi connectivity index (χ3n) is 2.02. The molecule has 0 aliphatic heterocycles. The molecule has 14 heavy (non-hydrogen) atoms. The maximum Gasteiger partial charge on any atom is 0.222 e. The predicted molar refractivity (Wildman–Crippen MR) is 54.7 cm³/mol. The Balaban J connectivity index is 2.50. The van der Waals surface area contributed by atoms with Crippen LogP contribution in [0.25, 0.3) is 0 Å². The highest BCUT2D eigenvalue weighted by atomic mass is 16.3. The molecular weight excluding hydrogens is 178 g/mol. The molecule has 0 aliphatic rings. The third-order valence-corrected chi connectivity index (χ3v) is 2.02. The Hall–Kier alpha value is -1.35. The Kier molecular flexibility index (Phi) is 4.13. The molecule has 0 bridgehead atoms. The maximum absolute atomic E-state index is 11.2. The van der Waals surface area contributed by atoms with Crippen LogP contribution in [0.1, 0.15) is 24.9 Å². The summed E-state index contributed by atoms with van der Waals surface area (Å²) in [4.78, 5) is 11.2. The van der Waals surface area contributed by atoms with Gasteiger partial charge < -0.3 is 10.4 Å². The zero-order valence-corrected chi connectivity index (χ0v) is 8.23. The summed E-state index contributed by atoms with van der Waals surface area (Å²) in [6, 6.07) is 9.73. The summed E-state index contributed by atoms with van der Waals surface area (Å²) < 4.78 is 0. The minimum absolute atomic E-state index is 0.00440. The van der Waals surface area contributed by atoms with Crippen molar-refractivity contribution >= 4 is 5.91 Å². The number of nitrogens with one attached hydrogen (secondary N) is 1. The van der Waals surface area contributed by atoms with Crippen molar-refractivity contribution in [1.82, 2.24) is 5.32 Å². The van der Waals surface area contributed by atoms with E-state index in [0.717, 1.165) is 5.56 Å². The van der Waals surface area contributed by atoms with Crippen LogP contribution in [0.2, 0.25) is 0 Å². The number of carbonyl (C=O) groups excluding carboxylic acids is 1. The molecule has 0 fully saturated rings. The van der Waals surface area contributed by atoms with Crippen molar-refractivity contribution < 1.29 is 9.90 Å². The van der Waals surface area contributed by atoms with Crippen LogP contribution in [0.5, 0.6) is 0 Å². The van der Waals surface area contributed by atoms with Crippen LogP contribution in [-0.4, -0.2) is 17.6 Å². The van der Waals surface area contributed by atoms with Gasteiger partial charge >= 0.3 is 0 Å². The van der Waals surface area contributed by atoms with Crippen molar-refractivity contribution in [3.8, 4) is 0 Å². The lowest BCUT2D eigenvalue weighted by atomic mass is 10.1. The minimum Gasteiger partial charge on any atom is -0.396 e. The number of benzene rings is 1. The number of amides is 1. The molecule has 0 heterocycles. The van der Waals surface area contributed by atoms with Crippen LogP contribution in [0, 0.1) is 0 Å². The van der Waals surface area contributed by atoms with E-state index in [2.05, 4.69) is 5.32 Å². The van der Waals surface area contributed by atoms with Crippen LogP contribution >= 0.6 is 0 Å². The van der Waals surface area contributed by atoms with E-state index in [1.807, 2.05) is 37.3 Å². The average molecular weight is 193 g/mol. The summed E-state index contributed by atoms with van der Waals surface area (Å²) in [5.41, 5.74) is 1.07. The maximum atomic E-state index is 11.2. The number of hydrogen-bond acceptors (Lipinski definition) is 2. The summed E-state index contributed by atoms with van der Waals surface area (Å²) in [5, 5.41) is 11.4. The molecule has 1 rings (SSSR count). The highest BCUT2D eigenvalue weighted by Crippen LogP contribution is 2.10. The van der Waals surface area contributed by atoms with Gasteiger partial charge in [-0.1, -0.05) is 30.3 Å². The number of hydrogen-bond donors (Lipinski definition) is 2. The van der Waals surface area contributed by atoms with E-state index in [1.54, 1.807) is 0 Å². The Morgan fingerprint density at radius 2 is 2.07 bits per heavy atom. The quantitative estimate of drug-likeness (QED) is 0.756. The fourth-order valence-electron chi connectivity index (χ4n) is 1.24. The Labute approximate surface area is 83.8 Å². The Morgan fingerprint density at radius 1 is 1.43 bits per heavy atom. The molecule has 0 spiro atoms. The molecule has 3 heteroatoms. The SMILES string of the molecule is CC(NC(=O)CCO)c1ccccc1. The molecular formula is C11H15NO2. The van der Waals surface area contributed by atoms with E-state index < -0.39 is 0 Å². The van der Waals surface area contributed by atoms with Crippen LogP contribution in [-0.2, 0) is 4.79 Å². The molecule has 2 N–H and O–H groups in total. The summed E-state index contributed by atoms with van der Waals surface area (Å²) in [5.74, 6) is -0.121. The van der Waals surface area contributed by atoms with Crippen molar-refractivity contribution in [1.29, 1.82) is 0 Å². The molecule has 76 valence electrons. The first-order chi connectivity index (χ1) is 6.74. The van der Waals surface area contributed by atoms with Gasteiger partial charge in [0.15, 0.2) is 0 Å². The molecule has 0 aliphatic carbocycles. The van der Waals surface area contributed by atoms with Crippen molar-refractivity contribution in [2.45, 2.75) is 19.4 Å². The first kappa shape index (κ1) is 10.7. The van der Waals surface area contributed by atoms with Crippen molar-refractivity contribution in [3.63, 3.8) is 0 Å². The zero-order chi connectivity index (χ0) is 10.4. The average Bonchev–Trinajstić information content (AvgIpc) is 2.19. The minimum atomic E-state index is -0.121. The molecule has 0 radical (unpaired) electrons. The second kappa shape index (κ2) is 5.40. The fourth-order valence-corrected chi connectivity index (χ4v) is 1.24. The van der Waals surface area contributed by atoms with E-state index >= 15 is 0 Å². The largest absolute Gasteiger partial charge is 0.396 e. The number of aliphatic hydroxyl groups excluding tert-OH is 1. The van der Waals surface area contributed by atoms with Gasteiger partial charge in [-0.15, -0.1) is 0 Å². The zero-order valence-electron chi connectivity index (χ0n) is 8.23. The van der Waals surface area contributed by atoms with Crippen LogP contribution in [0.3, 0.4) is 0 Å². The summed E-state index contributed by atoms with van der Waals surface area (Å²) in [7, 11) is 0. The van der Waals surface area contributed by atoms with Gasteiger partial charge in [-0.05, 0) is 12.5 Å². The Morgan fingerprint density at radius 3 is 2.64 bits per heavy atom. The van der Waals surface area contributed by atoms with E-state index in [4.69, 9.17) is 5.11 Å². The topological polar surface area (TPSA) is 49.3 Å². The molecule has 1 aromatic rings. The van der Waals surface area contributed by atoms with Gasteiger partial charge in [-0.3, -0.25) is 4.79 Å². The number of carbonyl (C=O) groups is 1. The third kappa shape index (κ3) is 3.18. The van der Waals surface area contributed by atoms with Crippen LogP contribution in [0.15, 0.2) is 30.3 Å². The van der Waals surface area contributed by atoms with Gasteiger partial charge in [-0.2, -0.15) is 0 Å². The van der Waals surface area contributed by atoms with Gasteiger partial charge in [0, 0.05) is 6.42 Å². The van der Waals surface area contributed by atoms with Crippen molar-refractivity contribution in [2.75, 3.05) is 6.61 Å². The second-order valence-electron chi connectivity index (χ2n) is 3.17. The summed E-state index contributed by atoms with van der Waals surface area (Å²) in [6.07, 6.45) is 0.164. The number of aliphatic hydroxyl groups is 1. The van der Waals surface area contributed by atoms with Crippen molar-refractivity contribution in [2.24, 2.45) is 0 Å². The molecule has 1 atom stereocenters.